The molecule has 0 amide bonds. The lowest BCUT2D eigenvalue weighted by Crippen LogP contribution is -2.41. The Morgan fingerprint density at radius 2 is 2.28 bits per heavy atom. The standard InChI is InChI=1S/C15H20ClNO/c1-10(11-3-2-4-11)17-9-14-8-12-7-13(16)5-6-15(12)18-14/h5-7,10-11,14,17H,2-4,8-9H2,1H3. The summed E-state index contributed by atoms with van der Waals surface area (Å²) >= 11 is 6.00. The average molecular weight is 266 g/mol. The molecule has 0 spiro atoms. The fourth-order valence-corrected chi connectivity index (χ4v) is 3.02. The highest BCUT2D eigenvalue weighted by Gasteiger charge is 2.27. The van der Waals surface area contributed by atoms with E-state index in [2.05, 4.69) is 12.2 Å². The predicted molar refractivity (Wildman–Crippen MR) is 74.4 cm³/mol. The van der Waals surface area contributed by atoms with Crippen molar-refractivity contribution in [2.45, 2.75) is 44.8 Å². The van der Waals surface area contributed by atoms with E-state index in [9.17, 15) is 0 Å². The summed E-state index contributed by atoms with van der Waals surface area (Å²) in [7, 11) is 0. The third-order valence-corrected chi connectivity index (χ3v) is 4.52. The van der Waals surface area contributed by atoms with Gasteiger partial charge >= 0.3 is 0 Å². The van der Waals surface area contributed by atoms with E-state index in [1.165, 1.54) is 24.8 Å². The minimum Gasteiger partial charge on any atom is -0.488 e. The summed E-state index contributed by atoms with van der Waals surface area (Å²) in [4.78, 5) is 0. The van der Waals surface area contributed by atoms with E-state index in [1.807, 2.05) is 18.2 Å². The zero-order chi connectivity index (χ0) is 12.5. The largest absolute Gasteiger partial charge is 0.488 e. The predicted octanol–water partition coefficient (Wildman–Crippen LogP) is 3.42. The number of ether oxygens (including phenoxy) is 1. The minimum absolute atomic E-state index is 0.265. The lowest BCUT2D eigenvalue weighted by atomic mass is 9.80. The summed E-state index contributed by atoms with van der Waals surface area (Å²) in [6.45, 7) is 3.23. The van der Waals surface area contributed by atoms with Crippen molar-refractivity contribution in [3.8, 4) is 5.75 Å². The first kappa shape index (κ1) is 12.3. The third-order valence-electron chi connectivity index (χ3n) is 4.29. The van der Waals surface area contributed by atoms with Crippen LogP contribution in [0.4, 0.5) is 0 Å². The van der Waals surface area contributed by atoms with Crippen LogP contribution in [0.5, 0.6) is 5.75 Å². The number of hydrogen-bond donors (Lipinski definition) is 1. The van der Waals surface area contributed by atoms with Crippen LogP contribution in [-0.2, 0) is 6.42 Å². The van der Waals surface area contributed by atoms with Gasteiger partial charge in [-0.3, -0.25) is 0 Å². The molecule has 1 saturated carbocycles. The summed E-state index contributed by atoms with van der Waals surface area (Å²) in [5.74, 6) is 1.88. The molecule has 0 radical (unpaired) electrons. The molecule has 2 aliphatic rings. The second kappa shape index (κ2) is 5.10. The molecule has 1 fully saturated rings. The molecule has 1 heterocycles. The van der Waals surface area contributed by atoms with Gasteiger partial charge in [-0.15, -0.1) is 0 Å². The molecule has 0 aromatic heterocycles. The van der Waals surface area contributed by atoms with Crippen LogP contribution in [0.25, 0.3) is 0 Å². The molecule has 2 atom stereocenters. The maximum Gasteiger partial charge on any atom is 0.123 e. The monoisotopic (exact) mass is 265 g/mol. The van der Waals surface area contributed by atoms with Crippen LogP contribution in [0.1, 0.15) is 31.7 Å². The lowest BCUT2D eigenvalue weighted by Gasteiger charge is -2.32. The van der Waals surface area contributed by atoms with Gasteiger partial charge in [0.2, 0.25) is 0 Å². The topological polar surface area (TPSA) is 21.3 Å². The Morgan fingerprint density at radius 1 is 1.44 bits per heavy atom. The van der Waals surface area contributed by atoms with Gasteiger partial charge in [0.1, 0.15) is 11.9 Å². The molecule has 0 saturated heterocycles. The van der Waals surface area contributed by atoms with Crippen molar-refractivity contribution < 1.29 is 4.74 Å². The van der Waals surface area contributed by atoms with Gasteiger partial charge < -0.3 is 10.1 Å². The zero-order valence-electron chi connectivity index (χ0n) is 10.8. The van der Waals surface area contributed by atoms with Crippen LogP contribution in [0, 0.1) is 5.92 Å². The Balaban J connectivity index is 1.51. The second-order valence-corrected chi connectivity index (χ2v) is 6.02. The molecule has 1 aliphatic carbocycles. The highest BCUT2D eigenvalue weighted by Crippen LogP contribution is 2.32. The molecular formula is C15H20ClNO. The van der Waals surface area contributed by atoms with Gasteiger partial charge in [-0.2, -0.15) is 0 Å². The summed E-state index contributed by atoms with van der Waals surface area (Å²) < 4.78 is 5.92. The van der Waals surface area contributed by atoms with Crippen LogP contribution < -0.4 is 10.1 Å². The van der Waals surface area contributed by atoms with Crippen LogP contribution in [-0.4, -0.2) is 18.7 Å². The van der Waals surface area contributed by atoms with Crippen molar-refractivity contribution >= 4 is 11.6 Å². The Labute approximate surface area is 114 Å². The van der Waals surface area contributed by atoms with E-state index in [-0.39, 0.29) is 6.10 Å². The maximum atomic E-state index is 6.00. The molecule has 1 aromatic rings. The molecule has 3 heteroatoms. The lowest BCUT2D eigenvalue weighted by molar-refractivity contribution is 0.191. The molecule has 0 bridgehead atoms. The average Bonchev–Trinajstić information content (AvgIpc) is 2.65. The van der Waals surface area contributed by atoms with Gasteiger partial charge in [-0.05, 0) is 49.4 Å². The number of fused-ring (bicyclic) bond motifs is 1. The zero-order valence-corrected chi connectivity index (χ0v) is 11.5. The van der Waals surface area contributed by atoms with Crippen LogP contribution >= 0.6 is 11.6 Å². The number of halogens is 1. The Hall–Kier alpha value is -0.730. The van der Waals surface area contributed by atoms with E-state index in [0.29, 0.717) is 6.04 Å². The third kappa shape index (κ3) is 2.50. The van der Waals surface area contributed by atoms with E-state index in [4.69, 9.17) is 16.3 Å². The molecule has 1 aromatic carbocycles. The van der Waals surface area contributed by atoms with Crippen molar-refractivity contribution in [2.24, 2.45) is 5.92 Å². The molecule has 3 rings (SSSR count). The minimum atomic E-state index is 0.265. The highest BCUT2D eigenvalue weighted by molar-refractivity contribution is 6.30. The Kier molecular flexibility index (Phi) is 3.49. The van der Waals surface area contributed by atoms with Crippen molar-refractivity contribution in [3.05, 3.63) is 28.8 Å². The van der Waals surface area contributed by atoms with E-state index in [0.717, 1.165) is 29.7 Å². The maximum absolute atomic E-state index is 6.00. The fourth-order valence-electron chi connectivity index (χ4n) is 2.83. The molecule has 2 unspecified atom stereocenters. The quantitative estimate of drug-likeness (QED) is 0.901. The second-order valence-electron chi connectivity index (χ2n) is 5.58. The van der Waals surface area contributed by atoms with Crippen LogP contribution in [0.15, 0.2) is 18.2 Å². The molecule has 1 N–H and O–H groups in total. The molecule has 2 nitrogen and oxygen atoms in total. The fraction of sp³-hybridized carbons (Fsp3) is 0.600. The van der Waals surface area contributed by atoms with E-state index in [1.54, 1.807) is 0 Å². The Morgan fingerprint density at radius 3 is 3.00 bits per heavy atom. The molecule has 1 aliphatic heterocycles. The van der Waals surface area contributed by atoms with E-state index < -0.39 is 0 Å². The van der Waals surface area contributed by atoms with Crippen molar-refractivity contribution in [3.63, 3.8) is 0 Å². The number of nitrogens with one attached hydrogen (secondary N) is 1. The van der Waals surface area contributed by atoms with Crippen molar-refractivity contribution in [1.29, 1.82) is 0 Å². The van der Waals surface area contributed by atoms with Gasteiger partial charge in [-0.25, -0.2) is 0 Å². The van der Waals surface area contributed by atoms with Gasteiger partial charge in [0.25, 0.3) is 0 Å². The SMILES string of the molecule is CC(NCC1Cc2cc(Cl)ccc2O1)C1CCC1. The number of hydrogen-bond acceptors (Lipinski definition) is 2. The molecule has 98 valence electrons. The summed E-state index contributed by atoms with van der Waals surface area (Å²) in [6, 6.07) is 6.52. The first-order valence-electron chi connectivity index (χ1n) is 6.91. The molecule has 18 heavy (non-hydrogen) atoms. The summed E-state index contributed by atoms with van der Waals surface area (Å²) in [6.07, 6.45) is 5.41. The highest BCUT2D eigenvalue weighted by atomic mass is 35.5. The number of benzene rings is 1. The van der Waals surface area contributed by atoms with E-state index >= 15 is 0 Å². The summed E-state index contributed by atoms with van der Waals surface area (Å²) in [5, 5.41) is 4.42. The Bertz CT molecular complexity index is 431. The number of rotatable bonds is 4. The van der Waals surface area contributed by atoms with Crippen molar-refractivity contribution in [2.75, 3.05) is 6.54 Å². The van der Waals surface area contributed by atoms with Gasteiger partial charge in [0.05, 0.1) is 0 Å². The summed E-state index contributed by atoms with van der Waals surface area (Å²) in [5.41, 5.74) is 1.24. The van der Waals surface area contributed by atoms with Crippen molar-refractivity contribution in [1.82, 2.24) is 5.32 Å². The molecular weight excluding hydrogens is 246 g/mol. The van der Waals surface area contributed by atoms with Gasteiger partial charge in [0, 0.05) is 24.0 Å². The first-order valence-corrected chi connectivity index (χ1v) is 7.28. The van der Waals surface area contributed by atoms with Gasteiger partial charge in [0.15, 0.2) is 0 Å². The smallest absolute Gasteiger partial charge is 0.123 e. The normalized spacial score (nSPS) is 24.2. The van der Waals surface area contributed by atoms with Gasteiger partial charge in [-0.1, -0.05) is 18.0 Å². The van der Waals surface area contributed by atoms with Crippen LogP contribution in [0.2, 0.25) is 5.02 Å². The first-order chi connectivity index (χ1) is 8.72. The van der Waals surface area contributed by atoms with Crippen LogP contribution in [0.3, 0.4) is 0 Å².